The molecule has 2 rings (SSSR count). The first-order chi connectivity index (χ1) is 8.11. The molecule has 0 aliphatic carbocycles. The van der Waals surface area contributed by atoms with Gasteiger partial charge in [-0.1, -0.05) is 12.1 Å². The number of benzene rings is 1. The lowest BCUT2D eigenvalue weighted by Crippen LogP contribution is -2.02. The van der Waals surface area contributed by atoms with Crippen LogP contribution in [0.4, 0.5) is 4.39 Å². The Bertz CT molecular complexity index is 581. The maximum absolute atomic E-state index is 14.0. The topological polar surface area (TPSA) is 50.2 Å². The first-order valence-electron chi connectivity index (χ1n) is 5.04. The highest BCUT2D eigenvalue weighted by atomic mass is 19.1. The maximum Gasteiger partial charge on any atom is 0.338 e. The molecule has 86 valence electrons. The van der Waals surface area contributed by atoms with Crippen LogP contribution in [0.1, 0.15) is 15.9 Å². The molecule has 0 saturated heterocycles. The van der Waals surface area contributed by atoms with Gasteiger partial charge in [-0.05, 0) is 24.6 Å². The predicted molar refractivity (Wildman–Crippen MR) is 61.3 cm³/mol. The zero-order valence-corrected chi connectivity index (χ0v) is 9.14. The van der Waals surface area contributed by atoms with Crippen molar-refractivity contribution in [3.05, 3.63) is 53.6 Å². The number of aromatic carboxylic acids is 1. The third-order valence-electron chi connectivity index (χ3n) is 2.56. The minimum absolute atomic E-state index is 0.260. The molecule has 0 saturated carbocycles. The summed E-state index contributed by atoms with van der Waals surface area (Å²) >= 11 is 0. The SMILES string of the molecule is Cc1ccncc1-c1cccc(C(=O)O)c1F. The number of carboxylic acid groups (broad SMARTS) is 1. The van der Waals surface area contributed by atoms with E-state index >= 15 is 0 Å². The highest BCUT2D eigenvalue weighted by molar-refractivity contribution is 5.90. The van der Waals surface area contributed by atoms with Gasteiger partial charge in [-0.25, -0.2) is 9.18 Å². The number of hydrogen-bond donors (Lipinski definition) is 1. The molecule has 0 spiro atoms. The molecular formula is C13H10FNO2. The number of pyridine rings is 1. The third-order valence-corrected chi connectivity index (χ3v) is 2.56. The van der Waals surface area contributed by atoms with Crippen molar-refractivity contribution in [3.63, 3.8) is 0 Å². The smallest absolute Gasteiger partial charge is 0.338 e. The van der Waals surface area contributed by atoms with Gasteiger partial charge in [0.2, 0.25) is 0 Å². The number of hydrogen-bond acceptors (Lipinski definition) is 2. The summed E-state index contributed by atoms with van der Waals surface area (Å²) in [6.07, 6.45) is 3.14. The first kappa shape index (κ1) is 11.3. The normalized spacial score (nSPS) is 10.2. The molecule has 0 aliphatic rings. The van der Waals surface area contributed by atoms with Gasteiger partial charge in [-0.2, -0.15) is 0 Å². The fourth-order valence-electron chi connectivity index (χ4n) is 1.65. The first-order valence-corrected chi connectivity index (χ1v) is 5.04. The van der Waals surface area contributed by atoms with Crippen molar-refractivity contribution in [3.8, 4) is 11.1 Å². The van der Waals surface area contributed by atoms with Gasteiger partial charge in [0.05, 0.1) is 5.56 Å². The lowest BCUT2D eigenvalue weighted by Gasteiger charge is -2.07. The van der Waals surface area contributed by atoms with Gasteiger partial charge in [-0.15, -0.1) is 0 Å². The highest BCUT2D eigenvalue weighted by Gasteiger charge is 2.15. The molecule has 17 heavy (non-hydrogen) atoms. The van der Waals surface area contributed by atoms with Crippen molar-refractivity contribution >= 4 is 5.97 Å². The van der Waals surface area contributed by atoms with E-state index in [1.54, 1.807) is 18.3 Å². The second-order valence-corrected chi connectivity index (χ2v) is 3.66. The molecule has 0 radical (unpaired) electrons. The number of rotatable bonds is 2. The molecule has 0 amide bonds. The van der Waals surface area contributed by atoms with E-state index in [1.165, 1.54) is 18.3 Å². The second-order valence-electron chi connectivity index (χ2n) is 3.66. The molecule has 0 aliphatic heterocycles. The number of halogens is 1. The maximum atomic E-state index is 14.0. The summed E-state index contributed by atoms with van der Waals surface area (Å²) in [4.78, 5) is 14.8. The molecule has 1 heterocycles. The Morgan fingerprint density at radius 1 is 1.29 bits per heavy atom. The van der Waals surface area contributed by atoms with Crippen LogP contribution in [0.25, 0.3) is 11.1 Å². The summed E-state index contributed by atoms with van der Waals surface area (Å²) in [7, 11) is 0. The Morgan fingerprint density at radius 3 is 2.71 bits per heavy atom. The quantitative estimate of drug-likeness (QED) is 0.864. The summed E-state index contributed by atoms with van der Waals surface area (Å²) in [6.45, 7) is 1.82. The summed E-state index contributed by atoms with van der Waals surface area (Å²) in [5.41, 5.74) is 1.38. The van der Waals surface area contributed by atoms with Crippen LogP contribution in [0.5, 0.6) is 0 Å². The van der Waals surface area contributed by atoms with Crippen molar-refractivity contribution in [2.75, 3.05) is 0 Å². The van der Waals surface area contributed by atoms with E-state index in [0.29, 0.717) is 5.56 Å². The molecular weight excluding hydrogens is 221 g/mol. The summed E-state index contributed by atoms with van der Waals surface area (Å²) in [5.74, 6) is -2.00. The van der Waals surface area contributed by atoms with Crippen LogP contribution < -0.4 is 0 Å². The number of nitrogens with zero attached hydrogens (tertiary/aromatic N) is 1. The van der Waals surface area contributed by atoms with E-state index in [-0.39, 0.29) is 11.1 Å². The summed E-state index contributed by atoms with van der Waals surface area (Å²) in [6, 6.07) is 6.06. The van der Waals surface area contributed by atoms with Crippen LogP contribution in [0.15, 0.2) is 36.7 Å². The van der Waals surface area contributed by atoms with Crippen molar-refractivity contribution in [1.82, 2.24) is 4.98 Å². The molecule has 0 bridgehead atoms. The van der Waals surface area contributed by atoms with E-state index in [0.717, 1.165) is 5.56 Å². The monoisotopic (exact) mass is 231 g/mol. The Labute approximate surface area is 97.6 Å². The van der Waals surface area contributed by atoms with Crippen molar-refractivity contribution < 1.29 is 14.3 Å². The van der Waals surface area contributed by atoms with Gasteiger partial charge in [0.15, 0.2) is 0 Å². The Kier molecular flexibility index (Phi) is 2.87. The van der Waals surface area contributed by atoms with Crippen LogP contribution >= 0.6 is 0 Å². The molecule has 1 N–H and O–H groups in total. The molecule has 1 aromatic heterocycles. The fourth-order valence-corrected chi connectivity index (χ4v) is 1.65. The second kappa shape index (κ2) is 4.33. The van der Waals surface area contributed by atoms with E-state index in [2.05, 4.69) is 4.98 Å². The van der Waals surface area contributed by atoms with E-state index < -0.39 is 11.8 Å². The fraction of sp³-hybridized carbons (Fsp3) is 0.0769. The molecule has 0 fully saturated rings. The Hall–Kier alpha value is -2.23. The largest absolute Gasteiger partial charge is 0.478 e. The molecule has 3 nitrogen and oxygen atoms in total. The van der Waals surface area contributed by atoms with E-state index in [1.807, 2.05) is 6.92 Å². The molecule has 0 atom stereocenters. The van der Waals surface area contributed by atoms with Crippen LogP contribution in [-0.2, 0) is 0 Å². The average molecular weight is 231 g/mol. The molecule has 4 heteroatoms. The van der Waals surface area contributed by atoms with Crippen molar-refractivity contribution in [2.45, 2.75) is 6.92 Å². The lowest BCUT2D eigenvalue weighted by molar-refractivity contribution is 0.0692. The van der Waals surface area contributed by atoms with Gasteiger partial charge in [0.25, 0.3) is 0 Å². The average Bonchev–Trinajstić information content (AvgIpc) is 2.30. The third kappa shape index (κ3) is 2.01. The number of aryl methyl sites for hydroxylation is 1. The van der Waals surface area contributed by atoms with Gasteiger partial charge in [0, 0.05) is 23.5 Å². The zero-order valence-electron chi connectivity index (χ0n) is 9.14. The van der Waals surface area contributed by atoms with Crippen molar-refractivity contribution in [2.24, 2.45) is 0 Å². The van der Waals surface area contributed by atoms with Gasteiger partial charge in [0.1, 0.15) is 5.82 Å². The molecule has 2 aromatic rings. The minimum Gasteiger partial charge on any atom is -0.478 e. The predicted octanol–water partition coefficient (Wildman–Crippen LogP) is 2.89. The Morgan fingerprint density at radius 2 is 2.06 bits per heavy atom. The summed E-state index contributed by atoms with van der Waals surface area (Å²) in [5, 5.41) is 8.85. The standard InChI is InChI=1S/C13H10FNO2/c1-8-5-6-15-7-11(8)9-3-2-4-10(12(9)14)13(16)17/h2-7H,1H3,(H,16,17). The van der Waals surface area contributed by atoms with Gasteiger partial charge in [-0.3, -0.25) is 4.98 Å². The highest BCUT2D eigenvalue weighted by Crippen LogP contribution is 2.26. The van der Waals surface area contributed by atoms with Gasteiger partial charge < -0.3 is 5.11 Å². The van der Waals surface area contributed by atoms with Crippen LogP contribution in [-0.4, -0.2) is 16.1 Å². The number of aromatic nitrogens is 1. The van der Waals surface area contributed by atoms with Crippen LogP contribution in [0.3, 0.4) is 0 Å². The van der Waals surface area contributed by atoms with E-state index in [4.69, 9.17) is 5.11 Å². The number of carbonyl (C=O) groups is 1. The van der Waals surface area contributed by atoms with Crippen LogP contribution in [0, 0.1) is 12.7 Å². The molecule has 1 aromatic carbocycles. The summed E-state index contributed by atoms with van der Waals surface area (Å²) < 4.78 is 14.0. The molecule has 0 unspecified atom stereocenters. The number of carboxylic acids is 1. The zero-order chi connectivity index (χ0) is 12.4. The van der Waals surface area contributed by atoms with E-state index in [9.17, 15) is 9.18 Å². The minimum atomic E-state index is -1.27. The van der Waals surface area contributed by atoms with Crippen molar-refractivity contribution in [1.29, 1.82) is 0 Å². The van der Waals surface area contributed by atoms with Crippen LogP contribution in [0.2, 0.25) is 0 Å². The lowest BCUT2D eigenvalue weighted by atomic mass is 10.00. The Balaban J connectivity index is 2.65. The van der Waals surface area contributed by atoms with Gasteiger partial charge >= 0.3 is 5.97 Å².